The number of hydrogen-bond donors (Lipinski definition) is 1. The molecule has 1 aromatic carbocycles. The average molecular weight is 293 g/mol. The van der Waals surface area contributed by atoms with Crippen LogP contribution in [0.3, 0.4) is 0 Å². The molecule has 5 heteroatoms. The zero-order chi connectivity index (χ0) is 14.9. The Balaban J connectivity index is 2.06. The van der Waals surface area contributed by atoms with Crippen LogP contribution in [0.4, 0.5) is 0 Å². The van der Waals surface area contributed by atoms with Crippen molar-refractivity contribution in [1.82, 2.24) is 5.32 Å². The Morgan fingerprint density at radius 1 is 1.14 bits per heavy atom. The summed E-state index contributed by atoms with van der Waals surface area (Å²) in [6.07, 6.45) is 2.87. The molecule has 3 rings (SSSR count). The number of piperidine rings is 1. The molecule has 1 aromatic rings. The molecule has 1 N–H and O–H groups in total. The topological polar surface area (TPSA) is 49.0 Å². The molecule has 2 aliphatic rings. The Labute approximate surface area is 125 Å². The third-order valence-corrected chi connectivity index (χ3v) is 4.55. The SMILES string of the molecule is COc1ccc2c(c1OC)OC1(CCNCC1)CC2OC. The molecule has 0 radical (unpaired) electrons. The predicted octanol–water partition coefficient (Wildman–Crippen LogP) is 2.30. The lowest BCUT2D eigenvalue weighted by atomic mass is 9.82. The van der Waals surface area contributed by atoms with E-state index in [9.17, 15) is 0 Å². The first-order valence-corrected chi connectivity index (χ1v) is 7.40. The first kappa shape index (κ1) is 14.5. The highest BCUT2D eigenvalue weighted by Gasteiger charge is 2.43. The number of benzene rings is 1. The highest BCUT2D eigenvalue weighted by atomic mass is 16.6. The third kappa shape index (κ3) is 2.45. The van der Waals surface area contributed by atoms with Gasteiger partial charge in [0.1, 0.15) is 5.60 Å². The number of nitrogens with one attached hydrogen (secondary N) is 1. The molecular formula is C16H23NO4. The number of methoxy groups -OCH3 is 3. The van der Waals surface area contributed by atoms with Crippen LogP contribution in [0.25, 0.3) is 0 Å². The highest BCUT2D eigenvalue weighted by molar-refractivity contribution is 5.57. The van der Waals surface area contributed by atoms with Gasteiger partial charge in [-0.25, -0.2) is 0 Å². The van der Waals surface area contributed by atoms with Crippen molar-refractivity contribution in [2.45, 2.75) is 31.0 Å². The molecule has 1 unspecified atom stereocenters. The van der Waals surface area contributed by atoms with Crippen LogP contribution in [0.2, 0.25) is 0 Å². The van der Waals surface area contributed by atoms with Crippen molar-refractivity contribution >= 4 is 0 Å². The van der Waals surface area contributed by atoms with E-state index in [1.54, 1.807) is 21.3 Å². The lowest BCUT2D eigenvalue weighted by Crippen LogP contribution is -2.49. The molecule has 116 valence electrons. The van der Waals surface area contributed by atoms with E-state index in [0.29, 0.717) is 11.5 Å². The summed E-state index contributed by atoms with van der Waals surface area (Å²) in [5, 5.41) is 3.39. The first-order chi connectivity index (χ1) is 10.2. The van der Waals surface area contributed by atoms with Gasteiger partial charge in [-0.15, -0.1) is 0 Å². The minimum absolute atomic E-state index is 0.0339. The largest absolute Gasteiger partial charge is 0.493 e. The normalized spacial score (nSPS) is 23.3. The molecule has 1 atom stereocenters. The van der Waals surface area contributed by atoms with Gasteiger partial charge < -0.3 is 24.3 Å². The predicted molar refractivity (Wildman–Crippen MR) is 79.4 cm³/mol. The van der Waals surface area contributed by atoms with Crippen molar-refractivity contribution in [2.75, 3.05) is 34.4 Å². The van der Waals surface area contributed by atoms with Gasteiger partial charge in [-0.2, -0.15) is 0 Å². The highest BCUT2D eigenvalue weighted by Crippen LogP contribution is 2.51. The van der Waals surface area contributed by atoms with Gasteiger partial charge in [-0.05, 0) is 38.1 Å². The van der Waals surface area contributed by atoms with E-state index in [1.807, 2.05) is 12.1 Å². The summed E-state index contributed by atoms with van der Waals surface area (Å²) in [5.41, 5.74) is 0.873. The van der Waals surface area contributed by atoms with Gasteiger partial charge in [0.2, 0.25) is 5.75 Å². The summed E-state index contributed by atoms with van der Waals surface area (Å²) in [4.78, 5) is 0. The summed E-state index contributed by atoms with van der Waals surface area (Å²) in [6.45, 7) is 1.94. The van der Waals surface area contributed by atoms with Gasteiger partial charge in [0, 0.05) is 19.1 Å². The second-order valence-electron chi connectivity index (χ2n) is 5.68. The van der Waals surface area contributed by atoms with Gasteiger partial charge in [-0.1, -0.05) is 0 Å². The number of hydrogen-bond acceptors (Lipinski definition) is 5. The zero-order valence-electron chi connectivity index (χ0n) is 12.9. The monoisotopic (exact) mass is 293 g/mol. The van der Waals surface area contributed by atoms with E-state index in [2.05, 4.69) is 5.32 Å². The Bertz CT molecular complexity index is 511. The summed E-state index contributed by atoms with van der Waals surface area (Å²) < 4.78 is 23.1. The van der Waals surface area contributed by atoms with Crippen LogP contribution in [-0.2, 0) is 4.74 Å². The van der Waals surface area contributed by atoms with Gasteiger partial charge in [0.25, 0.3) is 0 Å². The molecule has 2 aliphatic heterocycles. The molecule has 21 heavy (non-hydrogen) atoms. The molecule has 0 amide bonds. The van der Waals surface area contributed by atoms with Crippen LogP contribution in [0.1, 0.15) is 30.9 Å². The van der Waals surface area contributed by atoms with Crippen LogP contribution in [-0.4, -0.2) is 40.0 Å². The van der Waals surface area contributed by atoms with E-state index in [4.69, 9.17) is 18.9 Å². The van der Waals surface area contributed by atoms with Crippen molar-refractivity contribution in [3.8, 4) is 17.2 Å². The molecule has 1 spiro atoms. The summed E-state index contributed by atoms with van der Waals surface area (Å²) in [5.74, 6) is 2.13. The van der Waals surface area contributed by atoms with Crippen LogP contribution < -0.4 is 19.5 Å². The molecule has 1 saturated heterocycles. The Hall–Kier alpha value is -1.46. The van der Waals surface area contributed by atoms with Crippen molar-refractivity contribution in [3.05, 3.63) is 17.7 Å². The van der Waals surface area contributed by atoms with E-state index >= 15 is 0 Å². The fourth-order valence-corrected chi connectivity index (χ4v) is 3.38. The van der Waals surface area contributed by atoms with Crippen LogP contribution >= 0.6 is 0 Å². The summed E-state index contributed by atoms with van der Waals surface area (Å²) >= 11 is 0. The first-order valence-electron chi connectivity index (χ1n) is 7.40. The number of fused-ring (bicyclic) bond motifs is 1. The Morgan fingerprint density at radius 3 is 2.52 bits per heavy atom. The second kappa shape index (κ2) is 5.73. The van der Waals surface area contributed by atoms with Crippen molar-refractivity contribution in [3.63, 3.8) is 0 Å². The maximum Gasteiger partial charge on any atom is 0.203 e. The Kier molecular flexibility index (Phi) is 3.95. The van der Waals surface area contributed by atoms with E-state index in [0.717, 1.165) is 43.7 Å². The molecule has 5 nitrogen and oxygen atoms in total. The minimum Gasteiger partial charge on any atom is -0.493 e. The molecular weight excluding hydrogens is 270 g/mol. The molecule has 1 fully saturated rings. The zero-order valence-corrected chi connectivity index (χ0v) is 12.9. The second-order valence-corrected chi connectivity index (χ2v) is 5.68. The standard InChI is InChI=1S/C16H23NO4/c1-18-12-5-4-11-13(19-2)10-16(6-8-17-9-7-16)21-14(11)15(12)20-3/h4-5,13,17H,6-10H2,1-3H3. The fourth-order valence-electron chi connectivity index (χ4n) is 3.38. The van der Waals surface area contributed by atoms with Gasteiger partial charge in [0.15, 0.2) is 11.5 Å². The molecule has 0 aliphatic carbocycles. The lowest BCUT2D eigenvalue weighted by Gasteiger charge is -2.44. The van der Waals surface area contributed by atoms with Gasteiger partial charge in [-0.3, -0.25) is 0 Å². The quantitative estimate of drug-likeness (QED) is 0.926. The maximum absolute atomic E-state index is 6.43. The molecule has 0 saturated carbocycles. The average Bonchev–Trinajstić information content (AvgIpc) is 2.53. The number of ether oxygens (including phenoxy) is 4. The summed E-state index contributed by atoms with van der Waals surface area (Å²) in [7, 11) is 5.04. The fraction of sp³-hybridized carbons (Fsp3) is 0.625. The van der Waals surface area contributed by atoms with Crippen LogP contribution in [0.15, 0.2) is 12.1 Å². The van der Waals surface area contributed by atoms with Crippen molar-refractivity contribution < 1.29 is 18.9 Å². The van der Waals surface area contributed by atoms with Crippen LogP contribution in [0, 0.1) is 0 Å². The van der Waals surface area contributed by atoms with Gasteiger partial charge >= 0.3 is 0 Å². The minimum atomic E-state index is -0.168. The molecule has 0 bridgehead atoms. The smallest absolute Gasteiger partial charge is 0.203 e. The Morgan fingerprint density at radius 2 is 1.90 bits per heavy atom. The maximum atomic E-state index is 6.43. The van der Waals surface area contributed by atoms with E-state index in [1.165, 1.54) is 0 Å². The van der Waals surface area contributed by atoms with Gasteiger partial charge in [0.05, 0.1) is 20.3 Å². The van der Waals surface area contributed by atoms with E-state index < -0.39 is 0 Å². The molecule has 0 aromatic heterocycles. The van der Waals surface area contributed by atoms with Crippen LogP contribution in [0.5, 0.6) is 17.2 Å². The summed E-state index contributed by atoms with van der Waals surface area (Å²) in [6, 6.07) is 3.92. The van der Waals surface area contributed by atoms with E-state index in [-0.39, 0.29) is 11.7 Å². The molecule has 2 heterocycles. The third-order valence-electron chi connectivity index (χ3n) is 4.55. The van der Waals surface area contributed by atoms with Crippen molar-refractivity contribution in [1.29, 1.82) is 0 Å². The number of rotatable bonds is 3. The lowest BCUT2D eigenvalue weighted by molar-refractivity contribution is -0.0495. The van der Waals surface area contributed by atoms with Crippen molar-refractivity contribution in [2.24, 2.45) is 0 Å².